The zero-order valence-electron chi connectivity index (χ0n) is 8.89. The van der Waals surface area contributed by atoms with Crippen LogP contribution in [0.4, 0.5) is 0 Å². The van der Waals surface area contributed by atoms with Gasteiger partial charge in [-0.1, -0.05) is 29.3 Å². The van der Waals surface area contributed by atoms with E-state index in [9.17, 15) is 8.42 Å². The summed E-state index contributed by atoms with van der Waals surface area (Å²) in [6.45, 7) is 0. The number of nitrogens with zero attached hydrogens (tertiary/aromatic N) is 2. The van der Waals surface area contributed by atoms with Crippen LogP contribution in [-0.4, -0.2) is 23.6 Å². The molecule has 0 atom stereocenters. The van der Waals surface area contributed by atoms with Gasteiger partial charge in [-0.05, 0) is 17.7 Å². The third-order valence-corrected chi connectivity index (χ3v) is 3.55. The Balaban J connectivity index is 2.24. The van der Waals surface area contributed by atoms with Crippen molar-refractivity contribution in [1.29, 1.82) is 0 Å². The maximum atomic E-state index is 11.0. The van der Waals surface area contributed by atoms with Gasteiger partial charge in [-0.2, -0.15) is 0 Å². The summed E-state index contributed by atoms with van der Waals surface area (Å²) < 4.78 is 22.0. The lowest BCUT2D eigenvalue weighted by atomic mass is 10.1. The molecule has 0 fully saturated rings. The Kier molecular flexibility index (Phi) is 3.58. The monoisotopic (exact) mass is 306 g/mol. The third kappa shape index (κ3) is 2.99. The molecule has 6 nitrogen and oxygen atoms in total. The summed E-state index contributed by atoms with van der Waals surface area (Å²) in [4.78, 5) is 3.77. The van der Waals surface area contributed by atoms with Crippen LogP contribution in [0.2, 0.25) is 10.0 Å². The van der Waals surface area contributed by atoms with Crippen LogP contribution >= 0.6 is 23.2 Å². The standard InChI is InChI=1S/C9H8Cl2N4O2S/c10-6-2-1-5(3-7(6)11)4-8-13-9(15-14-8)18(12,16)17/h1-3H,4H2,(H2,12,16,17)(H,13,14,15). The number of rotatable bonds is 3. The van der Waals surface area contributed by atoms with E-state index in [0.29, 0.717) is 22.3 Å². The summed E-state index contributed by atoms with van der Waals surface area (Å²) in [6.07, 6.45) is 0.347. The van der Waals surface area contributed by atoms with Gasteiger partial charge in [0, 0.05) is 6.42 Å². The molecule has 0 aliphatic carbocycles. The van der Waals surface area contributed by atoms with E-state index in [1.165, 1.54) is 0 Å². The van der Waals surface area contributed by atoms with Gasteiger partial charge in [-0.25, -0.2) is 18.5 Å². The number of hydrogen-bond donors (Lipinski definition) is 2. The highest BCUT2D eigenvalue weighted by Crippen LogP contribution is 2.23. The molecule has 0 unspecified atom stereocenters. The smallest absolute Gasteiger partial charge is 0.262 e. The zero-order valence-corrected chi connectivity index (χ0v) is 11.2. The van der Waals surface area contributed by atoms with Crippen LogP contribution < -0.4 is 5.14 Å². The number of sulfonamides is 1. The summed E-state index contributed by atoms with van der Waals surface area (Å²) in [7, 11) is -3.89. The van der Waals surface area contributed by atoms with Crippen molar-refractivity contribution in [3.05, 3.63) is 39.6 Å². The van der Waals surface area contributed by atoms with Gasteiger partial charge in [0.1, 0.15) is 5.82 Å². The van der Waals surface area contributed by atoms with Crippen LogP contribution in [0.5, 0.6) is 0 Å². The number of aromatic nitrogens is 3. The lowest BCUT2D eigenvalue weighted by molar-refractivity contribution is 0.589. The van der Waals surface area contributed by atoms with Crippen LogP contribution in [0.1, 0.15) is 11.4 Å². The van der Waals surface area contributed by atoms with Crippen LogP contribution in [0.25, 0.3) is 0 Å². The molecule has 96 valence electrons. The maximum absolute atomic E-state index is 11.0. The second kappa shape index (κ2) is 4.85. The molecule has 18 heavy (non-hydrogen) atoms. The minimum atomic E-state index is -3.89. The van der Waals surface area contributed by atoms with Crippen molar-refractivity contribution in [3.63, 3.8) is 0 Å². The first-order chi connectivity index (χ1) is 8.36. The SMILES string of the molecule is NS(=O)(=O)c1n[nH]c(Cc2ccc(Cl)c(Cl)c2)n1. The highest BCUT2D eigenvalue weighted by molar-refractivity contribution is 7.89. The summed E-state index contributed by atoms with van der Waals surface area (Å²) in [5.41, 5.74) is 0.821. The quantitative estimate of drug-likeness (QED) is 0.893. The molecular formula is C9H8Cl2N4O2S. The lowest BCUT2D eigenvalue weighted by Crippen LogP contribution is -2.13. The highest BCUT2D eigenvalue weighted by atomic mass is 35.5. The lowest BCUT2D eigenvalue weighted by Gasteiger charge is -2.00. The molecular weight excluding hydrogens is 299 g/mol. The van der Waals surface area contributed by atoms with Crippen molar-refractivity contribution in [2.45, 2.75) is 11.6 Å². The average molecular weight is 307 g/mol. The van der Waals surface area contributed by atoms with Crippen molar-refractivity contribution in [2.75, 3.05) is 0 Å². The molecule has 0 amide bonds. The Morgan fingerprint density at radius 2 is 2.00 bits per heavy atom. The zero-order chi connectivity index (χ0) is 13.3. The minimum Gasteiger partial charge on any atom is -0.262 e. The van der Waals surface area contributed by atoms with E-state index in [2.05, 4.69) is 15.2 Å². The van der Waals surface area contributed by atoms with Crippen molar-refractivity contribution < 1.29 is 8.42 Å². The molecule has 2 rings (SSSR count). The molecule has 0 saturated heterocycles. The summed E-state index contributed by atoms with van der Waals surface area (Å²) in [6, 6.07) is 5.08. The molecule has 0 saturated carbocycles. The number of aromatic amines is 1. The van der Waals surface area contributed by atoms with Gasteiger partial charge >= 0.3 is 0 Å². The highest BCUT2D eigenvalue weighted by Gasteiger charge is 2.14. The molecule has 1 heterocycles. The number of nitrogens with one attached hydrogen (secondary N) is 1. The fourth-order valence-corrected chi connectivity index (χ4v) is 2.06. The number of halogens is 2. The van der Waals surface area contributed by atoms with Crippen LogP contribution in [0, 0.1) is 0 Å². The molecule has 0 aliphatic heterocycles. The molecule has 0 bridgehead atoms. The molecule has 1 aromatic carbocycles. The van der Waals surface area contributed by atoms with Gasteiger partial charge in [-0.3, -0.25) is 5.10 Å². The Hall–Kier alpha value is -1.15. The second-order valence-corrected chi connectivity index (χ2v) is 5.80. The van der Waals surface area contributed by atoms with Crippen LogP contribution in [-0.2, 0) is 16.4 Å². The Morgan fingerprint density at radius 3 is 2.56 bits per heavy atom. The van der Waals surface area contributed by atoms with E-state index < -0.39 is 15.2 Å². The first-order valence-electron chi connectivity index (χ1n) is 4.74. The fraction of sp³-hybridized carbons (Fsp3) is 0.111. The fourth-order valence-electron chi connectivity index (χ4n) is 1.33. The minimum absolute atomic E-state index is 0.347. The van der Waals surface area contributed by atoms with Gasteiger partial charge in [0.2, 0.25) is 0 Å². The number of H-pyrrole nitrogens is 1. The van der Waals surface area contributed by atoms with E-state index in [-0.39, 0.29) is 0 Å². The summed E-state index contributed by atoms with van der Waals surface area (Å²) in [5, 5.41) is 11.3. The van der Waals surface area contributed by atoms with Crippen LogP contribution in [0.3, 0.4) is 0 Å². The molecule has 0 aliphatic rings. The van der Waals surface area contributed by atoms with Gasteiger partial charge in [0.05, 0.1) is 10.0 Å². The number of benzene rings is 1. The predicted molar refractivity (Wildman–Crippen MR) is 67.0 cm³/mol. The molecule has 0 spiro atoms. The van der Waals surface area contributed by atoms with Crippen molar-refractivity contribution in [2.24, 2.45) is 5.14 Å². The van der Waals surface area contributed by atoms with E-state index >= 15 is 0 Å². The average Bonchev–Trinajstić information content (AvgIpc) is 2.72. The molecule has 1 aromatic heterocycles. The maximum Gasteiger partial charge on any atom is 0.282 e. The van der Waals surface area contributed by atoms with E-state index in [1.54, 1.807) is 18.2 Å². The second-order valence-electron chi connectivity index (χ2n) is 3.53. The summed E-state index contributed by atoms with van der Waals surface area (Å²) in [5.74, 6) is 0.373. The van der Waals surface area contributed by atoms with Gasteiger partial charge in [-0.15, -0.1) is 5.10 Å². The number of hydrogen-bond acceptors (Lipinski definition) is 4. The van der Waals surface area contributed by atoms with E-state index in [4.69, 9.17) is 28.3 Å². The number of nitrogens with two attached hydrogens (primary N) is 1. The van der Waals surface area contributed by atoms with Gasteiger partial charge in [0.25, 0.3) is 15.2 Å². The Bertz CT molecular complexity index is 684. The first kappa shape index (κ1) is 13.3. The van der Waals surface area contributed by atoms with E-state index in [0.717, 1.165) is 5.56 Å². The van der Waals surface area contributed by atoms with E-state index in [1.807, 2.05) is 0 Å². The molecule has 0 radical (unpaired) electrons. The number of primary sulfonamides is 1. The summed E-state index contributed by atoms with van der Waals surface area (Å²) >= 11 is 11.6. The van der Waals surface area contributed by atoms with Gasteiger partial charge in [0.15, 0.2) is 0 Å². The predicted octanol–water partition coefficient (Wildman–Crippen LogP) is 1.35. The topological polar surface area (TPSA) is 102 Å². The van der Waals surface area contributed by atoms with Crippen LogP contribution in [0.15, 0.2) is 23.4 Å². The van der Waals surface area contributed by atoms with Gasteiger partial charge < -0.3 is 0 Å². The molecule has 9 heteroatoms. The molecule has 2 aromatic rings. The largest absolute Gasteiger partial charge is 0.282 e. The normalized spacial score (nSPS) is 11.7. The van der Waals surface area contributed by atoms with Crippen molar-refractivity contribution in [3.8, 4) is 0 Å². The first-order valence-corrected chi connectivity index (χ1v) is 7.04. The third-order valence-electron chi connectivity index (χ3n) is 2.12. The molecule has 3 N–H and O–H groups in total. The Morgan fingerprint density at radius 1 is 1.28 bits per heavy atom. The van der Waals surface area contributed by atoms with Crippen molar-refractivity contribution in [1.82, 2.24) is 15.2 Å². The van der Waals surface area contributed by atoms with Crippen molar-refractivity contribution >= 4 is 33.2 Å². The Labute approximate surface area is 113 Å².